The number of benzene rings is 2. The predicted octanol–water partition coefficient (Wildman–Crippen LogP) is 3.54. The second-order valence-electron chi connectivity index (χ2n) is 4.63. The molecule has 2 aromatic rings. The molecule has 0 fully saturated rings. The first-order valence-corrected chi connectivity index (χ1v) is 6.16. The summed E-state index contributed by atoms with van der Waals surface area (Å²) < 4.78 is 32.8. The van der Waals surface area contributed by atoms with E-state index in [-0.39, 0.29) is 11.3 Å². The zero-order chi connectivity index (χ0) is 13.4. The average molecular weight is 261 g/mol. The Morgan fingerprint density at radius 2 is 1.89 bits per heavy atom. The van der Waals surface area contributed by atoms with E-state index in [2.05, 4.69) is 0 Å². The maximum absolute atomic E-state index is 13.9. The molecule has 0 amide bonds. The highest BCUT2D eigenvalue weighted by atomic mass is 19.1. The van der Waals surface area contributed by atoms with Crippen molar-refractivity contribution in [3.63, 3.8) is 0 Å². The van der Waals surface area contributed by atoms with Gasteiger partial charge in [-0.15, -0.1) is 0 Å². The number of ether oxygens (including phenoxy) is 1. The molecule has 2 nitrogen and oxygen atoms in total. The van der Waals surface area contributed by atoms with Crippen molar-refractivity contribution in [3.05, 3.63) is 47.5 Å². The van der Waals surface area contributed by atoms with Crippen LogP contribution in [0.1, 0.15) is 12.0 Å². The highest BCUT2D eigenvalue weighted by Crippen LogP contribution is 2.32. The number of aryl methyl sites for hydroxylation is 1. The summed E-state index contributed by atoms with van der Waals surface area (Å²) in [5, 5.41) is 0. The number of anilines is 1. The lowest BCUT2D eigenvalue weighted by Crippen LogP contribution is -2.08. The molecule has 0 radical (unpaired) electrons. The topological polar surface area (TPSA) is 35.2 Å². The fraction of sp³-hybridized carbons (Fsp3) is 0.200. The normalized spacial score (nSPS) is 13.8. The molecule has 0 aromatic heterocycles. The third-order valence-electron chi connectivity index (χ3n) is 3.31. The lowest BCUT2D eigenvalue weighted by molar-refractivity contribution is 0.288. The fourth-order valence-electron chi connectivity index (χ4n) is 2.31. The van der Waals surface area contributed by atoms with E-state index >= 15 is 0 Å². The van der Waals surface area contributed by atoms with E-state index in [9.17, 15) is 8.78 Å². The van der Waals surface area contributed by atoms with Gasteiger partial charge in [0.2, 0.25) is 0 Å². The first kappa shape index (κ1) is 12.0. The van der Waals surface area contributed by atoms with Crippen LogP contribution in [-0.2, 0) is 6.42 Å². The fourth-order valence-corrected chi connectivity index (χ4v) is 2.31. The molecular formula is C15H13F2NO. The molecule has 1 aliphatic rings. The van der Waals surface area contributed by atoms with E-state index in [1.54, 1.807) is 12.1 Å². The molecular weight excluding hydrogens is 248 g/mol. The van der Waals surface area contributed by atoms with Crippen LogP contribution in [0.4, 0.5) is 14.5 Å². The van der Waals surface area contributed by atoms with E-state index in [4.69, 9.17) is 10.5 Å². The molecule has 19 heavy (non-hydrogen) atoms. The summed E-state index contributed by atoms with van der Waals surface area (Å²) >= 11 is 0. The molecule has 0 aliphatic carbocycles. The van der Waals surface area contributed by atoms with E-state index in [0.29, 0.717) is 12.2 Å². The van der Waals surface area contributed by atoms with Gasteiger partial charge in [-0.05, 0) is 42.2 Å². The molecule has 0 unspecified atom stereocenters. The molecule has 0 bridgehead atoms. The molecule has 4 heteroatoms. The largest absolute Gasteiger partial charge is 0.493 e. The molecule has 2 N–H and O–H groups in total. The molecule has 0 atom stereocenters. The van der Waals surface area contributed by atoms with Crippen LogP contribution < -0.4 is 10.5 Å². The summed E-state index contributed by atoms with van der Waals surface area (Å²) in [5.41, 5.74) is 7.06. The van der Waals surface area contributed by atoms with Gasteiger partial charge in [0, 0.05) is 11.6 Å². The van der Waals surface area contributed by atoms with Gasteiger partial charge in [0.1, 0.15) is 17.4 Å². The second-order valence-corrected chi connectivity index (χ2v) is 4.63. The molecule has 1 aliphatic heterocycles. The van der Waals surface area contributed by atoms with Gasteiger partial charge >= 0.3 is 0 Å². The molecule has 1 heterocycles. The number of nitrogen functional groups attached to an aromatic ring is 1. The minimum absolute atomic E-state index is 0.178. The molecule has 0 spiro atoms. The Balaban J connectivity index is 2.09. The molecule has 0 saturated carbocycles. The summed E-state index contributed by atoms with van der Waals surface area (Å²) in [5.74, 6) is -0.299. The monoisotopic (exact) mass is 261 g/mol. The van der Waals surface area contributed by atoms with Crippen LogP contribution in [0.5, 0.6) is 5.75 Å². The van der Waals surface area contributed by atoms with Crippen LogP contribution in [0.3, 0.4) is 0 Å². The summed E-state index contributed by atoms with van der Waals surface area (Å²) in [4.78, 5) is 0. The van der Waals surface area contributed by atoms with Gasteiger partial charge in [-0.25, -0.2) is 8.78 Å². The summed E-state index contributed by atoms with van der Waals surface area (Å²) in [6.45, 7) is 0.706. The Kier molecular flexibility index (Phi) is 2.85. The summed E-state index contributed by atoms with van der Waals surface area (Å²) in [6.07, 6.45) is 1.83. The highest BCUT2D eigenvalue weighted by Gasteiger charge is 2.14. The lowest BCUT2D eigenvalue weighted by Gasteiger charge is -2.18. The standard InChI is InChI=1S/C15H13F2NO/c16-12-8-14(18)13(17)7-11(12)9-3-4-15-10(6-9)2-1-5-19-15/h3-4,6-8H,1-2,5,18H2. The SMILES string of the molecule is Nc1cc(F)c(-c2ccc3c(c2)CCCO3)cc1F. The van der Waals surface area contributed by atoms with Gasteiger partial charge in [0.05, 0.1) is 12.3 Å². The molecule has 0 saturated heterocycles. The van der Waals surface area contributed by atoms with Crippen molar-refractivity contribution in [2.75, 3.05) is 12.3 Å². The van der Waals surface area contributed by atoms with E-state index < -0.39 is 11.6 Å². The van der Waals surface area contributed by atoms with Gasteiger partial charge in [-0.2, -0.15) is 0 Å². The third-order valence-corrected chi connectivity index (χ3v) is 3.31. The van der Waals surface area contributed by atoms with Gasteiger partial charge < -0.3 is 10.5 Å². The third kappa shape index (κ3) is 2.14. The number of hydrogen-bond donors (Lipinski definition) is 1. The van der Waals surface area contributed by atoms with Crippen LogP contribution in [0, 0.1) is 11.6 Å². The molecule has 2 aromatic carbocycles. The van der Waals surface area contributed by atoms with Crippen molar-refractivity contribution in [2.45, 2.75) is 12.8 Å². The number of nitrogens with two attached hydrogens (primary N) is 1. The zero-order valence-electron chi connectivity index (χ0n) is 10.2. The number of halogens is 2. The Labute approximate surface area is 109 Å². The Hall–Kier alpha value is -2.10. The smallest absolute Gasteiger partial charge is 0.146 e. The Bertz CT molecular complexity index is 640. The van der Waals surface area contributed by atoms with E-state index in [1.165, 1.54) is 0 Å². The minimum Gasteiger partial charge on any atom is -0.493 e. The summed E-state index contributed by atoms with van der Waals surface area (Å²) in [6, 6.07) is 7.54. The van der Waals surface area contributed by atoms with Crippen LogP contribution in [0.15, 0.2) is 30.3 Å². The molecule has 98 valence electrons. The maximum atomic E-state index is 13.9. The van der Waals surface area contributed by atoms with Crippen molar-refractivity contribution >= 4 is 5.69 Å². The minimum atomic E-state index is -0.606. The van der Waals surface area contributed by atoms with Crippen molar-refractivity contribution in [1.29, 1.82) is 0 Å². The van der Waals surface area contributed by atoms with Gasteiger partial charge in [0.15, 0.2) is 0 Å². The van der Waals surface area contributed by atoms with Crippen LogP contribution in [-0.4, -0.2) is 6.61 Å². The average Bonchev–Trinajstić information content (AvgIpc) is 2.42. The highest BCUT2D eigenvalue weighted by molar-refractivity contribution is 5.68. The zero-order valence-corrected chi connectivity index (χ0v) is 10.2. The van der Waals surface area contributed by atoms with Crippen LogP contribution in [0.2, 0.25) is 0 Å². The van der Waals surface area contributed by atoms with Crippen molar-refractivity contribution in [1.82, 2.24) is 0 Å². The Morgan fingerprint density at radius 1 is 1.05 bits per heavy atom. The van der Waals surface area contributed by atoms with Crippen LogP contribution >= 0.6 is 0 Å². The van der Waals surface area contributed by atoms with E-state index in [0.717, 1.165) is 36.3 Å². The summed E-state index contributed by atoms with van der Waals surface area (Å²) in [7, 11) is 0. The number of rotatable bonds is 1. The van der Waals surface area contributed by atoms with Crippen LogP contribution in [0.25, 0.3) is 11.1 Å². The number of hydrogen-bond acceptors (Lipinski definition) is 2. The second kappa shape index (κ2) is 4.53. The van der Waals surface area contributed by atoms with Gasteiger partial charge in [-0.3, -0.25) is 0 Å². The van der Waals surface area contributed by atoms with Crippen molar-refractivity contribution < 1.29 is 13.5 Å². The lowest BCUT2D eigenvalue weighted by atomic mass is 9.98. The van der Waals surface area contributed by atoms with Crippen molar-refractivity contribution in [2.24, 2.45) is 0 Å². The van der Waals surface area contributed by atoms with Crippen molar-refractivity contribution in [3.8, 4) is 16.9 Å². The van der Waals surface area contributed by atoms with Gasteiger partial charge in [0.25, 0.3) is 0 Å². The first-order valence-electron chi connectivity index (χ1n) is 6.16. The molecule has 3 rings (SSSR count). The maximum Gasteiger partial charge on any atom is 0.146 e. The predicted molar refractivity (Wildman–Crippen MR) is 70.0 cm³/mol. The van der Waals surface area contributed by atoms with E-state index in [1.807, 2.05) is 6.07 Å². The Morgan fingerprint density at radius 3 is 2.74 bits per heavy atom. The van der Waals surface area contributed by atoms with Gasteiger partial charge in [-0.1, -0.05) is 6.07 Å². The number of fused-ring (bicyclic) bond motifs is 1. The first-order chi connectivity index (χ1) is 9.15. The quantitative estimate of drug-likeness (QED) is 0.797.